The van der Waals surface area contributed by atoms with Crippen molar-refractivity contribution in [2.75, 3.05) is 9.80 Å². The minimum Gasteiger partial charge on any atom is -0.456 e. The average Bonchev–Trinajstić information content (AvgIpc) is 1.35. The molecule has 15 aromatic carbocycles. The van der Waals surface area contributed by atoms with Crippen LogP contribution in [-0.2, 0) is 0 Å². The first-order valence-corrected chi connectivity index (χ1v) is 33.0. The van der Waals surface area contributed by atoms with E-state index in [1.807, 2.05) is 65.9 Å². The molecular formula is C88H54N4O3S. The largest absolute Gasteiger partial charge is 0.456 e. The van der Waals surface area contributed by atoms with Gasteiger partial charge >= 0.3 is 0 Å². The number of aromatic nitrogens is 2. The van der Waals surface area contributed by atoms with Crippen molar-refractivity contribution < 1.29 is 13.3 Å². The SMILES string of the molecule is c1ccc(-c2nc3ccc4cc(-c5ccc(N(c6ccc(-c7ccccc7)c(-c7ccc(-c8nc9c(ccc%10cc(-c%11ccc(N(c%12ccccc%12)c%12ccc%13sc%14ccccc%14c%13c%12)cc%11)ccc%109)o8)cc7)c6)c6ccc7oc8ccccc8c7c6)cc5)ccc4c3o2)cc1. The van der Waals surface area contributed by atoms with Crippen LogP contribution in [-0.4, -0.2) is 9.97 Å². The first-order chi connectivity index (χ1) is 47.5. The maximum absolute atomic E-state index is 6.62. The van der Waals surface area contributed by atoms with Gasteiger partial charge in [0, 0.05) is 87.0 Å². The molecule has 450 valence electrons. The summed E-state index contributed by atoms with van der Waals surface area (Å²) < 4.78 is 22.0. The highest BCUT2D eigenvalue weighted by Crippen LogP contribution is 2.46. The number of benzene rings is 15. The molecule has 7 nitrogen and oxygen atoms in total. The molecule has 0 saturated carbocycles. The van der Waals surface area contributed by atoms with Gasteiger partial charge in [-0.05, 0) is 207 Å². The van der Waals surface area contributed by atoms with Crippen molar-refractivity contribution >= 4 is 131 Å². The van der Waals surface area contributed by atoms with E-state index in [-0.39, 0.29) is 0 Å². The quantitative estimate of drug-likeness (QED) is 0.121. The average molecular weight is 1250 g/mol. The van der Waals surface area contributed by atoms with Gasteiger partial charge in [0.05, 0.1) is 0 Å². The van der Waals surface area contributed by atoms with Gasteiger partial charge in [0.15, 0.2) is 11.2 Å². The van der Waals surface area contributed by atoms with Crippen LogP contribution >= 0.6 is 11.3 Å². The van der Waals surface area contributed by atoms with E-state index in [4.69, 9.17) is 23.2 Å². The fourth-order valence-corrected chi connectivity index (χ4v) is 15.1. The zero-order valence-corrected chi connectivity index (χ0v) is 52.4. The molecule has 0 unspecified atom stereocenters. The fourth-order valence-electron chi connectivity index (χ4n) is 14.0. The fraction of sp³-hybridized carbons (Fsp3) is 0. The Bertz CT molecular complexity index is 6200. The number of thiophene rings is 1. The summed E-state index contributed by atoms with van der Waals surface area (Å²) in [4.78, 5) is 14.7. The standard InChI is InChI=1S/C88H54N4O3S/c1-4-14-57(15-5-1)71-45-40-68(92(69-41-48-81-77(53-69)74-20-10-12-22-80(74)93-81)67-38-30-56(31-39-67)62-33-44-73-64(51-62)34-46-79-86(73)95-87(89-79)59-16-6-2-7-17-59)52-76(71)58-24-26-60(27-25-58)88-90-85-72-43-32-61(50-63(72)35-47-82(85)94-88)55-28-36-66(37-29-55)91(65-18-8-3-9-19-65)70-42-49-84-78(54-70)75-21-11-13-23-83(75)96-84/h1-54H. The lowest BCUT2D eigenvalue weighted by atomic mass is 9.93. The summed E-state index contributed by atoms with van der Waals surface area (Å²) in [6.07, 6.45) is 0. The maximum Gasteiger partial charge on any atom is 0.227 e. The Labute approximate surface area is 555 Å². The van der Waals surface area contributed by atoms with E-state index in [2.05, 4.69) is 283 Å². The van der Waals surface area contributed by atoms with Gasteiger partial charge in [-0.2, -0.15) is 0 Å². The Morgan fingerprint density at radius 3 is 1.49 bits per heavy atom. The number of furan rings is 1. The molecule has 0 aliphatic rings. The third kappa shape index (κ3) is 9.57. The molecule has 19 aromatic rings. The molecule has 0 aliphatic heterocycles. The van der Waals surface area contributed by atoms with E-state index in [0.717, 1.165) is 155 Å². The van der Waals surface area contributed by atoms with E-state index in [1.165, 1.54) is 20.2 Å². The lowest BCUT2D eigenvalue weighted by molar-refractivity contribution is 0.620. The van der Waals surface area contributed by atoms with Gasteiger partial charge in [-0.1, -0.05) is 176 Å². The van der Waals surface area contributed by atoms with Gasteiger partial charge in [-0.15, -0.1) is 11.3 Å². The van der Waals surface area contributed by atoms with E-state index >= 15 is 0 Å². The van der Waals surface area contributed by atoms with Crippen molar-refractivity contribution in [2.24, 2.45) is 0 Å². The van der Waals surface area contributed by atoms with Crippen molar-refractivity contribution in [2.45, 2.75) is 0 Å². The van der Waals surface area contributed by atoms with Gasteiger partial charge in [0.25, 0.3) is 0 Å². The van der Waals surface area contributed by atoms with Gasteiger partial charge < -0.3 is 23.1 Å². The third-order valence-corrected chi connectivity index (χ3v) is 19.9. The molecule has 19 rings (SSSR count). The van der Waals surface area contributed by atoms with E-state index in [9.17, 15) is 0 Å². The Hall–Kier alpha value is -12.6. The number of anilines is 6. The number of hydrogen-bond acceptors (Lipinski definition) is 8. The summed E-state index contributed by atoms with van der Waals surface area (Å²) >= 11 is 1.84. The van der Waals surface area contributed by atoms with Crippen LogP contribution < -0.4 is 9.80 Å². The predicted molar refractivity (Wildman–Crippen MR) is 399 cm³/mol. The van der Waals surface area contributed by atoms with E-state index in [1.54, 1.807) is 0 Å². The monoisotopic (exact) mass is 1250 g/mol. The Morgan fingerprint density at radius 1 is 0.250 bits per heavy atom. The highest BCUT2D eigenvalue weighted by molar-refractivity contribution is 7.25. The molecule has 0 bridgehead atoms. The number of fused-ring (bicyclic) bond motifs is 12. The molecule has 0 N–H and O–H groups in total. The van der Waals surface area contributed by atoms with Crippen molar-refractivity contribution in [1.29, 1.82) is 0 Å². The van der Waals surface area contributed by atoms with Crippen molar-refractivity contribution in [1.82, 2.24) is 9.97 Å². The molecule has 4 aromatic heterocycles. The number of rotatable bonds is 12. The smallest absolute Gasteiger partial charge is 0.227 e. The van der Waals surface area contributed by atoms with Gasteiger partial charge in [0.2, 0.25) is 11.8 Å². The number of oxazole rings is 2. The van der Waals surface area contributed by atoms with Gasteiger partial charge in [0.1, 0.15) is 22.2 Å². The summed E-state index contributed by atoms with van der Waals surface area (Å²) in [5, 5.41) is 8.93. The van der Waals surface area contributed by atoms with Gasteiger partial charge in [-0.25, -0.2) is 9.97 Å². The Balaban J connectivity index is 0.645. The molecule has 0 amide bonds. The Kier molecular flexibility index (Phi) is 13.0. The summed E-state index contributed by atoms with van der Waals surface area (Å²) in [5.41, 5.74) is 21.9. The lowest BCUT2D eigenvalue weighted by Crippen LogP contribution is -2.10. The molecule has 0 aliphatic carbocycles. The summed E-state index contributed by atoms with van der Waals surface area (Å²) in [6, 6.07) is 116. The zero-order valence-electron chi connectivity index (χ0n) is 51.6. The minimum atomic E-state index is 0.570. The Morgan fingerprint density at radius 2 is 0.740 bits per heavy atom. The van der Waals surface area contributed by atoms with Crippen molar-refractivity contribution in [3.05, 3.63) is 328 Å². The van der Waals surface area contributed by atoms with Crippen LogP contribution in [0, 0.1) is 0 Å². The molecule has 8 heteroatoms. The highest BCUT2D eigenvalue weighted by Gasteiger charge is 2.22. The van der Waals surface area contributed by atoms with Crippen molar-refractivity contribution in [3.8, 4) is 67.4 Å². The molecule has 0 radical (unpaired) electrons. The minimum absolute atomic E-state index is 0.570. The highest BCUT2D eigenvalue weighted by atomic mass is 32.1. The van der Waals surface area contributed by atoms with Crippen molar-refractivity contribution in [3.63, 3.8) is 0 Å². The second-order valence-electron chi connectivity index (χ2n) is 24.4. The summed E-state index contributed by atoms with van der Waals surface area (Å²) in [5.74, 6) is 1.19. The topological polar surface area (TPSA) is 71.7 Å². The van der Waals surface area contributed by atoms with Gasteiger partial charge in [-0.3, -0.25) is 0 Å². The summed E-state index contributed by atoms with van der Waals surface area (Å²) in [6.45, 7) is 0. The number of para-hydroxylation sites is 2. The number of nitrogens with zero attached hydrogens (tertiary/aromatic N) is 4. The molecule has 96 heavy (non-hydrogen) atoms. The van der Waals surface area contributed by atoms with Crippen LogP contribution in [0.5, 0.6) is 0 Å². The predicted octanol–water partition coefficient (Wildman–Crippen LogP) is 25.5. The van der Waals surface area contributed by atoms with Crippen LogP contribution in [0.2, 0.25) is 0 Å². The molecule has 0 saturated heterocycles. The first-order valence-electron chi connectivity index (χ1n) is 32.2. The third-order valence-electron chi connectivity index (χ3n) is 18.7. The maximum atomic E-state index is 6.62. The first kappa shape index (κ1) is 55.1. The number of hydrogen-bond donors (Lipinski definition) is 0. The second kappa shape index (κ2) is 22.6. The van der Waals surface area contributed by atoms with Crippen LogP contribution in [0.25, 0.3) is 153 Å². The van der Waals surface area contributed by atoms with Crippen LogP contribution in [0.4, 0.5) is 34.1 Å². The second-order valence-corrected chi connectivity index (χ2v) is 25.5. The molecule has 0 atom stereocenters. The normalized spacial score (nSPS) is 11.8. The van der Waals surface area contributed by atoms with E-state index < -0.39 is 0 Å². The lowest BCUT2D eigenvalue weighted by Gasteiger charge is -2.27. The molecule has 4 heterocycles. The molecule has 0 fully saturated rings. The van der Waals surface area contributed by atoms with Crippen LogP contribution in [0.15, 0.2) is 341 Å². The van der Waals surface area contributed by atoms with Crippen LogP contribution in [0.3, 0.4) is 0 Å². The molecular weight excluding hydrogens is 1190 g/mol. The molecule has 0 spiro atoms. The summed E-state index contributed by atoms with van der Waals surface area (Å²) in [7, 11) is 0. The van der Waals surface area contributed by atoms with Crippen LogP contribution in [0.1, 0.15) is 0 Å². The zero-order chi connectivity index (χ0) is 63.2. The van der Waals surface area contributed by atoms with E-state index in [0.29, 0.717) is 11.8 Å².